The zero-order chi connectivity index (χ0) is 27.3. The lowest BCUT2D eigenvalue weighted by atomic mass is 10.1. The van der Waals surface area contributed by atoms with Gasteiger partial charge in [0.1, 0.15) is 16.7 Å². The quantitative estimate of drug-likeness (QED) is 0.199. The zero-order valence-electron chi connectivity index (χ0n) is 21.7. The number of hydrogen-bond acceptors (Lipinski definition) is 5. The minimum absolute atomic E-state index is 0.146. The van der Waals surface area contributed by atoms with Crippen molar-refractivity contribution in [1.29, 1.82) is 0 Å². The number of carbonyl (C=O) groups is 2. The van der Waals surface area contributed by atoms with Crippen molar-refractivity contribution in [3.05, 3.63) is 102 Å². The third-order valence-electron chi connectivity index (χ3n) is 5.83. The van der Waals surface area contributed by atoms with E-state index >= 15 is 0 Å². The van der Waals surface area contributed by atoms with E-state index in [1.54, 1.807) is 24.3 Å². The molecule has 0 heterocycles. The molecule has 2 N–H and O–H groups in total. The van der Waals surface area contributed by atoms with E-state index in [-0.39, 0.29) is 10.8 Å². The first kappa shape index (κ1) is 28.9. The largest absolute Gasteiger partial charge is 0.480 e. The van der Waals surface area contributed by atoms with Crippen molar-refractivity contribution in [1.82, 2.24) is 0 Å². The minimum Gasteiger partial charge on any atom is -0.480 e. The summed E-state index contributed by atoms with van der Waals surface area (Å²) in [6.45, 7) is 3.94. The molecule has 0 saturated heterocycles. The van der Waals surface area contributed by atoms with Crippen LogP contribution in [0.1, 0.15) is 54.6 Å². The Morgan fingerprint density at radius 1 is 0.895 bits per heavy atom. The van der Waals surface area contributed by atoms with Gasteiger partial charge < -0.3 is 19.7 Å². The molecule has 3 unspecified atom stereocenters. The lowest BCUT2D eigenvalue weighted by Gasteiger charge is -2.21. The highest BCUT2D eigenvalue weighted by molar-refractivity contribution is 8.01. The van der Waals surface area contributed by atoms with Crippen LogP contribution in [-0.2, 0) is 11.2 Å². The van der Waals surface area contributed by atoms with E-state index in [0.717, 1.165) is 23.3 Å². The maximum Gasteiger partial charge on any atom is 0.335 e. The summed E-state index contributed by atoms with van der Waals surface area (Å²) >= 11 is 1.38. The molecule has 0 bridgehead atoms. The van der Waals surface area contributed by atoms with Crippen LogP contribution in [-0.4, -0.2) is 38.9 Å². The Morgan fingerprint density at radius 3 is 2.21 bits per heavy atom. The van der Waals surface area contributed by atoms with Crippen LogP contribution in [0.4, 0.5) is 0 Å². The Labute approximate surface area is 228 Å². The maximum absolute atomic E-state index is 11.8. The van der Waals surface area contributed by atoms with Crippen molar-refractivity contribution in [2.45, 2.75) is 56.3 Å². The van der Waals surface area contributed by atoms with Gasteiger partial charge in [-0.05, 0) is 55.2 Å². The van der Waals surface area contributed by atoms with Crippen LogP contribution in [0.15, 0.2) is 84.9 Å². The van der Waals surface area contributed by atoms with Crippen molar-refractivity contribution in [2.75, 3.05) is 0 Å². The van der Waals surface area contributed by atoms with Crippen molar-refractivity contribution >= 4 is 29.8 Å². The van der Waals surface area contributed by atoms with Crippen LogP contribution in [0.3, 0.4) is 0 Å². The summed E-state index contributed by atoms with van der Waals surface area (Å²) in [6, 6.07) is 24.0. The van der Waals surface area contributed by atoms with Crippen LogP contribution in [0.25, 0.3) is 6.08 Å². The van der Waals surface area contributed by atoms with Crippen LogP contribution in [0.5, 0.6) is 11.5 Å². The number of rotatable bonds is 15. The summed E-state index contributed by atoms with van der Waals surface area (Å²) in [5, 5.41) is 18.1. The Kier molecular flexibility index (Phi) is 11.3. The highest BCUT2D eigenvalue weighted by Gasteiger charge is 2.21. The molecule has 0 saturated carbocycles. The molecule has 0 aliphatic rings. The average Bonchev–Trinajstić information content (AvgIpc) is 2.91. The summed E-state index contributed by atoms with van der Waals surface area (Å²) in [5.41, 5.74) is 2.01. The number of thioether (sulfide) groups is 1. The van der Waals surface area contributed by atoms with Crippen molar-refractivity contribution in [2.24, 2.45) is 0 Å². The zero-order valence-corrected chi connectivity index (χ0v) is 22.5. The smallest absolute Gasteiger partial charge is 0.335 e. The fraction of sp³-hybridized carbons (Fsp3) is 0.290. The van der Waals surface area contributed by atoms with E-state index in [1.165, 1.54) is 11.8 Å². The first-order valence-corrected chi connectivity index (χ1v) is 13.7. The standard InChI is InChI=1S/C31H34O6S/c1-3-10-29(36-25-12-6-5-7-13-25)37-27-14-9-8-11-23(27)19-20-26(38-28(4-2)31(34)35)21-22-15-17-24(18-16-22)30(32)33/h5-9,11-20,26,28-29H,3-4,10,21H2,1-2H3,(H,32,33)(H,34,35). The van der Waals surface area contributed by atoms with Gasteiger partial charge in [-0.25, -0.2) is 4.79 Å². The van der Waals surface area contributed by atoms with E-state index in [2.05, 4.69) is 6.92 Å². The summed E-state index contributed by atoms with van der Waals surface area (Å²) in [4.78, 5) is 23.0. The predicted octanol–water partition coefficient (Wildman–Crippen LogP) is 7.19. The average molecular weight is 535 g/mol. The van der Waals surface area contributed by atoms with E-state index in [0.29, 0.717) is 25.0 Å². The van der Waals surface area contributed by atoms with Gasteiger partial charge in [0, 0.05) is 17.2 Å². The van der Waals surface area contributed by atoms with Crippen molar-refractivity contribution in [3.63, 3.8) is 0 Å². The van der Waals surface area contributed by atoms with Crippen LogP contribution in [0, 0.1) is 0 Å². The minimum atomic E-state index is -0.978. The number of hydrogen-bond donors (Lipinski definition) is 2. The maximum atomic E-state index is 11.8. The number of para-hydroxylation sites is 2. The van der Waals surface area contributed by atoms with Gasteiger partial charge in [-0.15, -0.1) is 11.8 Å². The van der Waals surface area contributed by atoms with Crippen LogP contribution < -0.4 is 9.47 Å². The van der Waals surface area contributed by atoms with E-state index < -0.39 is 23.5 Å². The van der Waals surface area contributed by atoms with Gasteiger partial charge in [0.2, 0.25) is 6.29 Å². The molecule has 0 radical (unpaired) electrons. The monoisotopic (exact) mass is 534 g/mol. The number of ether oxygens (including phenoxy) is 2. The Bertz CT molecular complexity index is 1190. The molecule has 0 spiro atoms. The highest BCUT2D eigenvalue weighted by Crippen LogP contribution is 2.29. The molecule has 3 atom stereocenters. The first-order valence-electron chi connectivity index (χ1n) is 12.8. The summed E-state index contributed by atoms with van der Waals surface area (Å²) < 4.78 is 12.4. The van der Waals surface area contributed by atoms with Gasteiger partial charge in [0.15, 0.2) is 0 Å². The highest BCUT2D eigenvalue weighted by atomic mass is 32.2. The third-order valence-corrected chi connectivity index (χ3v) is 7.36. The molecule has 38 heavy (non-hydrogen) atoms. The molecule has 3 aromatic rings. The van der Waals surface area contributed by atoms with Crippen LogP contribution >= 0.6 is 11.8 Å². The molecule has 0 fully saturated rings. The third kappa shape index (κ3) is 8.99. The second-order valence-electron chi connectivity index (χ2n) is 8.78. The molecule has 6 nitrogen and oxygen atoms in total. The molecular formula is C31H34O6S. The topological polar surface area (TPSA) is 93.1 Å². The van der Waals surface area contributed by atoms with Crippen LogP contribution in [0.2, 0.25) is 0 Å². The van der Waals surface area contributed by atoms with Gasteiger partial charge >= 0.3 is 11.9 Å². The van der Waals surface area contributed by atoms with E-state index in [1.807, 2.05) is 73.7 Å². The molecular weight excluding hydrogens is 500 g/mol. The summed E-state index contributed by atoms with van der Waals surface area (Å²) in [5.74, 6) is -0.406. The lowest BCUT2D eigenvalue weighted by Crippen LogP contribution is -2.24. The van der Waals surface area contributed by atoms with Gasteiger partial charge in [-0.1, -0.05) is 74.5 Å². The number of benzene rings is 3. The molecule has 7 heteroatoms. The predicted molar refractivity (Wildman–Crippen MR) is 152 cm³/mol. The second-order valence-corrected chi connectivity index (χ2v) is 10.2. The summed E-state index contributed by atoms with van der Waals surface area (Å²) in [7, 11) is 0. The fourth-order valence-electron chi connectivity index (χ4n) is 3.82. The number of carboxylic acid groups (broad SMARTS) is 2. The Morgan fingerprint density at radius 2 is 1.58 bits per heavy atom. The van der Waals surface area contributed by atoms with Gasteiger partial charge in [0.05, 0.1) is 5.56 Å². The molecule has 200 valence electrons. The summed E-state index contributed by atoms with van der Waals surface area (Å²) in [6.07, 6.45) is 6.17. The number of aromatic carboxylic acids is 1. The van der Waals surface area contributed by atoms with Gasteiger partial charge in [0.25, 0.3) is 0 Å². The number of carboxylic acids is 2. The first-order chi connectivity index (χ1) is 18.4. The SMILES string of the molecule is CCCC(Oc1ccccc1)Oc1ccccc1C=CC(Cc1ccc(C(=O)O)cc1)SC(CC)C(=O)O. The molecule has 0 aromatic heterocycles. The number of aliphatic carboxylic acids is 1. The van der Waals surface area contributed by atoms with E-state index in [4.69, 9.17) is 9.47 Å². The fourth-order valence-corrected chi connectivity index (χ4v) is 5.01. The van der Waals surface area contributed by atoms with Crippen molar-refractivity contribution in [3.8, 4) is 11.5 Å². The van der Waals surface area contributed by atoms with E-state index in [9.17, 15) is 19.8 Å². The molecule has 0 amide bonds. The Hall–Kier alpha value is -3.71. The molecule has 3 aromatic carbocycles. The second kappa shape index (κ2) is 14.9. The Balaban J connectivity index is 1.82. The normalized spacial score (nSPS) is 13.5. The van der Waals surface area contributed by atoms with Gasteiger partial charge in [-0.2, -0.15) is 0 Å². The molecule has 0 aliphatic carbocycles. The molecule has 3 rings (SSSR count). The van der Waals surface area contributed by atoms with Gasteiger partial charge in [-0.3, -0.25) is 4.79 Å². The lowest BCUT2D eigenvalue weighted by molar-refractivity contribution is -0.136. The van der Waals surface area contributed by atoms with Crippen molar-refractivity contribution < 1.29 is 29.3 Å². The molecule has 0 aliphatic heterocycles.